The van der Waals surface area contributed by atoms with Gasteiger partial charge in [0.15, 0.2) is 0 Å². The maximum Gasteiger partial charge on any atom is 0.266 e. The van der Waals surface area contributed by atoms with E-state index >= 15 is 0 Å². The second-order valence-electron chi connectivity index (χ2n) is 5.42. The molecule has 108 valence electrons. The quantitative estimate of drug-likeness (QED) is 0.535. The van der Waals surface area contributed by atoms with Crippen LogP contribution in [0.25, 0.3) is 32.8 Å². The number of nitrogens with one attached hydrogen (secondary N) is 1. The summed E-state index contributed by atoms with van der Waals surface area (Å²) < 4.78 is 0. The zero-order chi connectivity index (χ0) is 15.8. The van der Waals surface area contributed by atoms with Crippen LogP contribution in [-0.2, 0) is 0 Å². The highest BCUT2D eigenvalue weighted by atomic mass is 16.1. The minimum absolute atomic E-state index is 0.124. The first-order valence-electron chi connectivity index (χ1n) is 7.32. The van der Waals surface area contributed by atoms with E-state index in [2.05, 4.69) is 29.2 Å². The maximum atomic E-state index is 12.0. The summed E-state index contributed by atoms with van der Waals surface area (Å²) in [7, 11) is 0. The van der Waals surface area contributed by atoms with Crippen molar-refractivity contribution in [3.05, 3.63) is 82.6 Å². The maximum absolute atomic E-state index is 12.0. The van der Waals surface area contributed by atoms with Gasteiger partial charge in [0.05, 0.1) is 0 Å². The van der Waals surface area contributed by atoms with Gasteiger partial charge in [-0.3, -0.25) is 4.79 Å². The summed E-state index contributed by atoms with van der Waals surface area (Å²) in [5.41, 5.74) is 1.44. The lowest BCUT2D eigenvalue weighted by Gasteiger charge is -2.10. The van der Waals surface area contributed by atoms with Crippen LogP contribution in [0.3, 0.4) is 0 Å². The van der Waals surface area contributed by atoms with E-state index in [0.29, 0.717) is 0 Å². The Labute approximate surface area is 132 Å². The topological polar surface area (TPSA) is 56.6 Å². The molecule has 0 radical (unpaired) electrons. The van der Waals surface area contributed by atoms with E-state index in [1.165, 1.54) is 5.39 Å². The van der Waals surface area contributed by atoms with E-state index in [-0.39, 0.29) is 11.1 Å². The number of hydrogen-bond acceptors (Lipinski definition) is 2. The number of aromatic amines is 1. The molecule has 1 N–H and O–H groups in total. The zero-order valence-electron chi connectivity index (χ0n) is 12.2. The van der Waals surface area contributed by atoms with Crippen molar-refractivity contribution in [2.75, 3.05) is 0 Å². The molecule has 0 saturated heterocycles. The van der Waals surface area contributed by atoms with Crippen molar-refractivity contribution in [1.29, 1.82) is 5.26 Å². The lowest BCUT2D eigenvalue weighted by Crippen LogP contribution is -2.10. The summed E-state index contributed by atoms with van der Waals surface area (Å²) in [6.45, 7) is 0. The number of pyridine rings is 1. The Kier molecular flexibility index (Phi) is 2.96. The van der Waals surface area contributed by atoms with Gasteiger partial charge >= 0.3 is 0 Å². The molecule has 3 aromatic carbocycles. The third-order valence-corrected chi connectivity index (χ3v) is 4.09. The van der Waals surface area contributed by atoms with Crippen molar-refractivity contribution in [3.63, 3.8) is 0 Å². The summed E-state index contributed by atoms with van der Waals surface area (Å²) in [5, 5.41) is 13.4. The first-order valence-corrected chi connectivity index (χ1v) is 7.32. The lowest BCUT2D eigenvalue weighted by molar-refractivity contribution is 1.22. The molecule has 0 aliphatic carbocycles. The predicted molar refractivity (Wildman–Crippen MR) is 92.2 cm³/mol. The second kappa shape index (κ2) is 5.11. The van der Waals surface area contributed by atoms with Crippen molar-refractivity contribution in [2.24, 2.45) is 0 Å². The Morgan fingerprint density at radius 2 is 1.52 bits per heavy atom. The second-order valence-corrected chi connectivity index (χ2v) is 5.42. The highest BCUT2D eigenvalue weighted by molar-refractivity contribution is 6.13. The van der Waals surface area contributed by atoms with Gasteiger partial charge in [-0.15, -0.1) is 0 Å². The molecular formula is C20H12N2O. The largest absolute Gasteiger partial charge is 0.321 e. The van der Waals surface area contributed by atoms with Crippen LogP contribution in [0.15, 0.2) is 71.5 Å². The Hall–Kier alpha value is -3.38. The Bertz CT molecular complexity index is 1150. The monoisotopic (exact) mass is 296 g/mol. The molecule has 23 heavy (non-hydrogen) atoms. The van der Waals surface area contributed by atoms with Crippen LogP contribution in [0.4, 0.5) is 0 Å². The molecule has 3 nitrogen and oxygen atoms in total. The number of hydrogen-bond donors (Lipinski definition) is 1. The van der Waals surface area contributed by atoms with Gasteiger partial charge in [-0.1, -0.05) is 48.5 Å². The number of aromatic nitrogens is 1. The third-order valence-electron chi connectivity index (χ3n) is 4.09. The Balaban J connectivity index is 2.12. The molecule has 0 bridgehead atoms. The fourth-order valence-electron chi connectivity index (χ4n) is 3.00. The van der Waals surface area contributed by atoms with Crippen molar-refractivity contribution < 1.29 is 0 Å². The molecule has 0 saturated carbocycles. The fraction of sp³-hybridized carbons (Fsp3) is 0. The van der Waals surface area contributed by atoms with Crippen LogP contribution < -0.4 is 5.56 Å². The average molecular weight is 296 g/mol. The number of nitriles is 1. The number of H-pyrrole nitrogens is 1. The molecule has 0 aliphatic heterocycles. The minimum atomic E-state index is -0.359. The molecular weight excluding hydrogens is 284 g/mol. The fourth-order valence-corrected chi connectivity index (χ4v) is 3.00. The van der Waals surface area contributed by atoms with Crippen molar-refractivity contribution in [1.82, 2.24) is 4.98 Å². The van der Waals surface area contributed by atoms with Gasteiger partial charge in [-0.25, -0.2) is 0 Å². The van der Waals surface area contributed by atoms with Gasteiger partial charge in [-0.2, -0.15) is 5.26 Å². The summed E-state index contributed by atoms with van der Waals surface area (Å²) >= 11 is 0. The van der Waals surface area contributed by atoms with E-state index in [0.717, 1.165) is 27.4 Å². The van der Waals surface area contributed by atoms with Crippen molar-refractivity contribution in [2.45, 2.75) is 0 Å². The third kappa shape index (κ3) is 2.09. The van der Waals surface area contributed by atoms with Gasteiger partial charge in [0.2, 0.25) is 0 Å². The standard InChI is InChI=1S/C20H12N2O/c21-12-14-9-10-19(22-20(14)23)18-11-13-5-1-2-6-15(13)16-7-3-4-8-17(16)18/h1-11H,(H,22,23). The van der Waals surface area contributed by atoms with Crippen LogP contribution in [0, 0.1) is 11.3 Å². The minimum Gasteiger partial charge on any atom is -0.321 e. The van der Waals surface area contributed by atoms with E-state index in [9.17, 15) is 4.79 Å². The molecule has 1 aromatic heterocycles. The van der Waals surface area contributed by atoms with E-state index in [4.69, 9.17) is 5.26 Å². The Morgan fingerprint density at radius 3 is 2.26 bits per heavy atom. The smallest absolute Gasteiger partial charge is 0.266 e. The molecule has 1 heterocycles. The lowest BCUT2D eigenvalue weighted by atomic mass is 9.95. The van der Waals surface area contributed by atoms with Crippen LogP contribution >= 0.6 is 0 Å². The molecule has 0 unspecified atom stereocenters. The molecule has 0 amide bonds. The molecule has 0 spiro atoms. The van der Waals surface area contributed by atoms with E-state index in [1.807, 2.05) is 36.4 Å². The first-order chi connectivity index (χ1) is 11.3. The Morgan fingerprint density at radius 1 is 0.826 bits per heavy atom. The van der Waals surface area contributed by atoms with E-state index < -0.39 is 0 Å². The number of rotatable bonds is 1. The van der Waals surface area contributed by atoms with Gasteiger partial charge in [0, 0.05) is 11.3 Å². The molecule has 0 atom stereocenters. The van der Waals surface area contributed by atoms with Gasteiger partial charge in [0.1, 0.15) is 11.6 Å². The summed E-state index contributed by atoms with van der Waals surface area (Å²) in [4.78, 5) is 14.8. The van der Waals surface area contributed by atoms with Crippen LogP contribution in [0.2, 0.25) is 0 Å². The average Bonchev–Trinajstić information content (AvgIpc) is 2.61. The van der Waals surface area contributed by atoms with Gasteiger partial charge < -0.3 is 4.98 Å². The highest BCUT2D eigenvalue weighted by Crippen LogP contribution is 2.33. The predicted octanol–water partition coefficient (Wildman–Crippen LogP) is 4.22. The van der Waals surface area contributed by atoms with Crippen molar-refractivity contribution >= 4 is 21.5 Å². The summed E-state index contributed by atoms with van der Waals surface area (Å²) in [5.74, 6) is 0. The molecule has 0 fully saturated rings. The molecule has 4 aromatic rings. The van der Waals surface area contributed by atoms with Gasteiger partial charge in [0.25, 0.3) is 5.56 Å². The zero-order valence-corrected chi connectivity index (χ0v) is 12.2. The van der Waals surface area contributed by atoms with E-state index in [1.54, 1.807) is 12.1 Å². The van der Waals surface area contributed by atoms with Crippen LogP contribution in [0.1, 0.15) is 5.56 Å². The van der Waals surface area contributed by atoms with Crippen molar-refractivity contribution in [3.8, 4) is 17.3 Å². The van der Waals surface area contributed by atoms with Crippen LogP contribution in [-0.4, -0.2) is 4.98 Å². The van der Waals surface area contributed by atoms with Crippen LogP contribution in [0.5, 0.6) is 0 Å². The highest BCUT2D eigenvalue weighted by Gasteiger charge is 2.09. The SMILES string of the molecule is N#Cc1ccc(-c2cc3ccccc3c3ccccc23)[nH]c1=O. The number of fused-ring (bicyclic) bond motifs is 3. The molecule has 4 rings (SSSR count). The summed E-state index contributed by atoms with van der Waals surface area (Å²) in [6.07, 6.45) is 0. The molecule has 0 aliphatic rings. The number of benzene rings is 3. The van der Waals surface area contributed by atoms with Gasteiger partial charge in [-0.05, 0) is 39.7 Å². The first kappa shape index (κ1) is 13.3. The summed E-state index contributed by atoms with van der Waals surface area (Å²) in [6, 6.07) is 23.7. The number of nitrogens with zero attached hydrogens (tertiary/aromatic N) is 1. The molecule has 3 heteroatoms. The normalized spacial score (nSPS) is 10.7.